The van der Waals surface area contributed by atoms with Gasteiger partial charge in [-0.2, -0.15) is 0 Å². The van der Waals surface area contributed by atoms with Crippen molar-refractivity contribution in [2.24, 2.45) is 0 Å². The second kappa shape index (κ2) is 8.02. The number of methoxy groups -OCH3 is 1. The van der Waals surface area contributed by atoms with E-state index in [1.807, 2.05) is 64.2 Å². The van der Waals surface area contributed by atoms with Crippen LogP contribution in [0.5, 0.6) is 5.75 Å². The molecular weight excluding hydrogens is 398 g/mol. The molecule has 8 heteroatoms. The predicted octanol–water partition coefficient (Wildman–Crippen LogP) is 3.34. The molecule has 3 aromatic rings. The van der Waals surface area contributed by atoms with Crippen LogP contribution < -0.4 is 10.2 Å². The molecule has 1 fully saturated rings. The first kappa shape index (κ1) is 19.0. The van der Waals surface area contributed by atoms with E-state index in [1.165, 1.54) is 11.8 Å². The summed E-state index contributed by atoms with van der Waals surface area (Å²) in [5.74, 6) is 1.68. The van der Waals surface area contributed by atoms with E-state index in [0.29, 0.717) is 5.16 Å². The highest BCUT2D eigenvalue weighted by molar-refractivity contribution is 8.00. The number of benzene rings is 2. The van der Waals surface area contributed by atoms with Gasteiger partial charge in [0.25, 0.3) is 0 Å². The lowest BCUT2D eigenvalue weighted by atomic mass is 10.0. The van der Waals surface area contributed by atoms with Crippen molar-refractivity contribution in [3.63, 3.8) is 0 Å². The maximum absolute atomic E-state index is 13.4. The number of carbonyl (C=O) groups is 1. The summed E-state index contributed by atoms with van der Waals surface area (Å²) in [5, 5.41) is 9.17. The summed E-state index contributed by atoms with van der Waals surface area (Å²) in [4.78, 5) is 15.3. The fourth-order valence-corrected chi connectivity index (χ4v) is 5.16. The highest BCUT2D eigenvalue weighted by atomic mass is 32.2. The summed E-state index contributed by atoms with van der Waals surface area (Å²) in [5.41, 5.74) is 5.54. The molecule has 0 bridgehead atoms. The Morgan fingerprint density at radius 1 is 1.07 bits per heavy atom. The molecule has 2 aliphatic heterocycles. The molecule has 30 heavy (non-hydrogen) atoms. The van der Waals surface area contributed by atoms with Crippen LogP contribution in [0.15, 0.2) is 59.8 Å². The molecule has 0 radical (unpaired) electrons. The lowest BCUT2D eigenvalue weighted by molar-refractivity contribution is -0.129. The SMILES string of the molecule is COc1ccc([C@@H]2Nn3c(nnc3-c3ccccc3)S[C@H]2C(=O)N2CCCC2)cc1. The Balaban J connectivity index is 1.53. The van der Waals surface area contributed by atoms with Gasteiger partial charge >= 0.3 is 0 Å². The van der Waals surface area contributed by atoms with Crippen LogP contribution in [0.4, 0.5) is 0 Å². The second-order valence-corrected chi connectivity index (χ2v) is 8.57. The average molecular weight is 422 g/mol. The highest BCUT2D eigenvalue weighted by Gasteiger charge is 2.40. The zero-order valence-corrected chi connectivity index (χ0v) is 17.5. The minimum absolute atomic E-state index is 0.154. The Labute approximate surface area is 179 Å². The topological polar surface area (TPSA) is 72.3 Å². The number of nitrogens with zero attached hydrogens (tertiary/aromatic N) is 4. The van der Waals surface area contributed by atoms with Gasteiger partial charge in [0.15, 0.2) is 5.82 Å². The summed E-state index contributed by atoms with van der Waals surface area (Å²) < 4.78 is 7.21. The van der Waals surface area contributed by atoms with Gasteiger partial charge in [-0.3, -0.25) is 4.79 Å². The Bertz CT molecular complexity index is 1030. The molecular formula is C22H23N5O2S. The molecule has 5 rings (SSSR count). The van der Waals surface area contributed by atoms with Gasteiger partial charge in [0.2, 0.25) is 11.1 Å². The van der Waals surface area contributed by atoms with E-state index in [4.69, 9.17) is 4.74 Å². The van der Waals surface area contributed by atoms with Crippen molar-refractivity contribution in [1.82, 2.24) is 19.8 Å². The van der Waals surface area contributed by atoms with E-state index < -0.39 is 0 Å². The van der Waals surface area contributed by atoms with Crippen LogP contribution in [0.1, 0.15) is 24.4 Å². The van der Waals surface area contributed by atoms with Crippen LogP contribution in [-0.4, -0.2) is 51.1 Å². The molecule has 1 N–H and O–H groups in total. The van der Waals surface area contributed by atoms with Crippen LogP contribution in [0.2, 0.25) is 0 Å². The van der Waals surface area contributed by atoms with Crippen LogP contribution in [-0.2, 0) is 4.79 Å². The molecule has 2 aliphatic rings. The molecule has 1 amide bonds. The van der Waals surface area contributed by atoms with Crippen LogP contribution in [0.25, 0.3) is 11.4 Å². The van der Waals surface area contributed by atoms with Gasteiger partial charge in [-0.05, 0) is 30.5 Å². The third-order valence-electron chi connectivity index (χ3n) is 5.60. The normalized spacial score (nSPS) is 20.5. The number of nitrogens with one attached hydrogen (secondary N) is 1. The quantitative estimate of drug-likeness (QED) is 0.697. The van der Waals surface area contributed by atoms with Crippen molar-refractivity contribution < 1.29 is 9.53 Å². The number of rotatable bonds is 4. The Hall–Kier alpha value is -3.00. The van der Waals surface area contributed by atoms with Gasteiger partial charge in [0.05, 0.1) is 13.2 Å². The molecule has 2 aromatic carbocycles. The number of likely N-dealkylation sites (tertiary alicyclic amines) is 1. The van der Waals surface area contributed by atoms with Crippen molar-refractivity contribution in [2.45, 2.75) is 29.3 Å². The smallest absolute Gasteiger partial charge is 0.238 e. The molecule has 0 spiro atoms. The fraction of sp³-hybridized carbons (Fsp3) is 0.318. The van der Waals surface area contributed by atoms with Crippen molar-refractivity contribution in [2.75, 3.05) is 25.6 Å². The second-order valence-electron chi connectivity index (χ2n) is 7.46. The minimum Gasteiger partial charge on any atom is -0.497 e. The predicted molar refractivity (Wildman–Crippen MR) is 116 cm³/mol. The summed E-state index contributed by atoms with van der Waals surface area (Å²) in [7, 11) is 1.65. The number of aromatic nitrogens is 3. The van der Waals surface area contributed by atoms with Crippen molar-refractivity contribution in [3.8, 4) is 17.1 Å². The monoisotopic (exact) mass is 421 g/mol. The molecule has 1 saturated heterocycles. The van der Waals surface area contributed by atoms with Crippen LogP contribution in [0, 0.1) is 0 Å². The Kier molecular flexibility index (Phi) is 5.08. The molecule has 7 nitrogen and oxygen atoms in total. The third kappa shape index (κ3) is 3.41. The van der Waals surface area contributed by atoms with Crippen molar-refractivity contribution in [3.05, 3.63) is 60.2 Å². The number of ether oxygens (including phenoxy) is 1. The number of hydrogen-bond acceptors (Lipinski definition) is 6. The zero-order valence-electron chi connectivity index (χ0n) is 16.7. The summed E-state index contributed by atoms with van der Waals surface area (Å²) in [6, 6.07) is 17.6. The van der Waals surface area contributed by atoms with Gasteiger partial charge in [0.1, 0.15) is 11.0 Å². The molecule has 0 unspecified atom stereocenters. The molecule has 2 atom stereocenters. The molecule has 0 saturated carbocycles. The van der Waals surface area contributed by atoms with Crippen molar-refractivity contribution >= 4 is 17.7 Å². The third-order valence-corrected chi connectivity index (χ3v) is 6.81. The van der Waals surface area contributed by atoms with E-state index in [0.717, 1.165) is 48.6 Å². The van der Waals surface area contributed by atoms with E-state index >= 15 is 0 Å². The van der Waals surface area contributed by atoms with Crippen molar-refractivity contribution in [1.29, 1.82) is 0 Å². The summed E-state index contributed by atoms with van der Waals surface area (Å²) in [6.45, 7) is 1.65. The number of amides is 1. The molecule has 1 aromatic heterocycles. The lowest BCUT2D eigenvalue weighted by Crippen LogP contribution is -2.45. The molecule has 0 aliphatic carbocycles. The van der Waals surface area contributed by atoms with E-state index in [9.17, 15) is 4.79 Å². The standard InChI is InChI=1S/C22H23N5O2S/c1-29-17-11-9-15(10-12-17)18-19(21(28)26-13-5-6-14-26)30-22-24-23-20(27(22)25-18)16-7-3-2-4-8-16/h2-4,7-12,18-19,25H,5-6,13-14H2,1H3/t18-,19+/m0/s1. The number of thioether (sulfide) groups is 1. The molecule has 3 heterocycles. The van der Waals surface area contributed by atoms with Gasteiger partial charge in [-0.15, -0.1) is 10.2 Å². The first-order valence-electron chi connectivity index (χ1n) is 10.1. The summed E-state index contributed by atoms with van der Waals surface area (Å²) in [6.07, 6.45) is 2.14. The Morgan fingerprint density at radius 2 is 1.80 bits per heavy atom. The van der Waals surface area contributed by atoms with Crippen LogP contribution in [0.3, 0.4) is 0 Å². The van der Waals surface area contributed by atoms with E-state index in [1.54, 1.807) is 7.11 Å². The first-order chi connectivity index (χ1) is 14.7. The maximum Gasteiger partial charge on any atom is 0.238 e. The van der Waals surface area contributed by atoms with Gasteiger partial charge in [0, 0.05) is 18.7 Å². The summed E-state index contributed by atoms with van der Waals surface area (Å²) >= 11 is 1.48. The van der Waals surface area contributed by atoms with E-state index in [2.05, 4.69) is 15.6 Å². The van der Waals surface area contributed by atoms with E-state index in [-0.39, 0.29) is 17.2 Å². The number of fused-ring (bicyclic) bond motifs is 1. The van der Waals surface area contributed by atoms with Gasteiger partial charge < -0.3 is 15.1 Å². The number of hydrogen-bond donors (Lipinski definition) is 1. The molecule has 154 valence electrons. The Morgan fingerprint density at radius 3 is 2.50 bits per heavy atom. The zero-order chi connectivity index (χ0) is 20.5. The number of carbonyl (C=O) groups excluding carboxylic acids is 1. The van der Waals surface area contributed by atoms with Gasteiger partial charge in [-0.25, -0.2) is 4.68 Å². The largest absolute Gasteiger partial charge is 0.497 e. The van der Waals surface area contributed by atoms with Gasteiger partial charge in [-0.1, -0.05) is 54.2 Å². The lowest BCUT2D eigenvalue weighted by Gasteiger charge is -2.35. The highest BCUT2D eigenvalue weighted by Crippen LogP contribution is 2.40. The average Bonchev–Trinajstić information content (AvgIpc) is 3.48. The first-order valence-corrected chi connectivity index (χ1v) is 11.0. The maximum atomic E-state index is 13.4. The fourth-order valence-electron chi connectivity index (χ4n) is 4.00. The minimum atomic E-state index is -0.309. The van der Waals surface area contributed by atoms with Crippen LogP contribution >= 0.6 is 11.8 Å².